The van der Waals surface area contributed by atoms with Gasteiger partial charge >= 0.3 is 5.97 Å². The number of aryl methyl sites for hydroxylation is 3. The fourth-order valence-electron chi connectivity index (χ4n) is 3.64. The van der Waals surface area contributed by atoms with Crippen LogP contribution < -0.4 is 5.32 Å². The number of amides is 1. The van der Waals surface area contributed by atoms with Gasteiger partial charge in [0.05, 0.1) is 18.9 Å². The molecule has 1 heterocycles. The molecule has 1 fully saturated rings. The predicted octanol–water partition coefficient (Wildman–Crippen LogP) is 2.10. The maximum Gasteiger partial charge on any atom is 0.304 e. The summed E-state index contributed by atoms with van der Waals surface area (Å²) in [4.78, 5) is 25.3. The number of nitrogens with zero attached hydrogens (tertiary/aromatic N) is 2. The second-order valence-corrected chi connectivity index (χ2v) is 7.28. The molecule has 0 aromatic heterocycles. The molecule has 26 heavy (non-hydrogen) atoms. The molecule has 2 rings (SSSR count). The summed E-state index contributed by atoms with van der Waals surface area (Å²) >= 11 is 0. The molecule has 1 amide bonds. The highest BCUT2D eigenvalue weighted by molar-refractivity contribution is 5.80. The first kappa shape index (κ1) is 19.9. The third kappa shape index (κ3) is 5.06. The topological polar surface area (TPSA) is 93.4 Å². The number of aliphatic carboxylic acids is 1. The quantitative estimate of drug-likeness (QED) is 0.813. The lowest BCUT2D eigenvalue weighted by Crippen LogP contribution is -2.55. The van der Waals surface area contributed by atoms with Crippen LogP contribution in [0.1, 0.15) is 41.5 Å². The predicted molar refractivity (Wildman–Crippen MR) is 98.8 cm³/mol. The number of benzene rings is 1. The van der Waals surface area contributed by atoms with Crippen LogP contribution in [0.3, 0.4) is 0 Å². The van der Waals surface area contributed by atoms with Crippen LogP contribution in [0.15, 0.2) is 12.1 Å². The molecule has 0 radical (unpaired) electrons. The average Bonchev–Trinajstić information content (AvgIpc) is 2.57. The number of carboxylic acids is 1. The molecule has 6 heteroatoms. The van der Waals surface area contributed by atoms with Crippen LogP contribution in [0.2, 0.25) is 0 Å². The first-order valence-corrected chi connectivity index (χ1v) is 8.98. The number of nitriles is 1. The van der Waals surface area contributed by atoms with Crippen molar-refractivity contribution < 1.29 is 14.7 Å². The van der Waals surface area contributed by atoms with Gasteiger partial charge in [0.2, 0.25) is 5.91 Å². The van der Waals surface area contributed by atoms with E-state index in [-0.39, 0.29) is 18.7 Å². The third-order valence-corrected chi connectivity index (χ3v) is 5.12. The summed E-state index contributed by atoms with van der Waals surface area (Å²) in [5.41, 5.74) is 3.51. The molecule has 1 aliphatic rings. The molecule has 0 saturated carbocycles. The molecule has 0 bridgehead atoms. The van der Waals surface area contributed by atoms with Crippen LogP contribution in [-0.2, 0) is 16.0 Å². The summed E-state index contributed by atoms with van der Waals surface area (Å²) in [6.07, 6.45) is 1.39. The molecule has 0 spiro atoms. The summed E-state index contributed by atoms with van der Waals surface area (Å²) < 4.78 is 0. The zero-order valence-electron chi connectivity index (χ0n) is 15.8. The molecule has 140 valence electrons. The number of likely N-dealkylation sites (tertiary alicyclic amines) is 1. The van der Waals surface area contributed by atoms with Crippen LogP contribution >= 0.6 is 0 Å². The largest absolute Gasteiger partial charge is 0.481 e. The van der Waals surface area contributed by atoms with Crippen molar-refractivity contribution in [3.8, 4) is 6.07 Å². The van der Waals surface area contributed by atoms with Gasteiger partial charge in [0.1, 0.15) is 5.54 Å². The van der Waals surface area contributed by atoms with Gasteiger partial charge in [-0.05, 0) is 50.3 Å². The zero-order chi connectivity index (χ0) is 19.3. The van der Waals surface area contributed by atoms with Crippen LogP contribution in [0.5, 0.6) is 0 Å². The smallest absolute Gasteiger partial charge is 0.304 e. The number of hydrogen-bond donors (Lipinski definition) is 2. The Hall–Kier alpha value is -2.39. The Morgan fingerprint density at radius 3 is 2.31 bits per heavy atom. The number of nitrogens with one attached hydrogen (secondary N) is 1. The lowest BCUT2D eigenvalue weighted by molar-refractivity contribution is -0.137. The molecular weight excluding hydrogens is 330 g/mol. The maximum atomic E-state index is 12.6. The summed E-state index contributed by atoms with van der Waals surface area (Å²) in [6.45, 7) is 7.75. The molecule has 1 aromatic carbocycles. The fourth-order valence-corrected chi connectivity index (χ4v) is 3.64. The molecule has 1 saturated heterocycles. The Labute approximate surface area is 154 Å². The van der Waals surface area contributed by atoms with E-state index in [2.05, 4.69) is 23.5 Å². The molecule has 0 atom stereocenters. The van der Waals surface area contributed by atoms with Gasteiger partial charge in [-0.15, -0.1) is 0 Å². The second-order valence-electron chi connectivity index (χ2n) is 7.28. The highest BCUT2D eigenvalue weighted by Gasteiger charge is 2.36. The van der Waals surface area contributed by atoms with E-state index in [9.17, 15) is 14.9 Å². The summed E-state index contributed by atoms with van der Waals surface area (Å²) in [5, 5.41) is 21.3. The van der Waals surface area contributed by atoms with E-state index in [1.807, 2.05) is 25.7 Å². The number of piperidine rings is 1. The van der Waals surface area contributed by atoms with Gasteiger partial charge < -0.3 is 15.3 Å². The van der Waals surface area contributed by atoms with E-state index < -0.39 is 11.5 Å². The average molecular weight is 357 g/mol. The lowest BCUT2D eigenvalue weighted by Gasteiger charge is -2.37. The Kier molecular flexibility index (Phi) is 6.38. The van der Waals surface area contributed by atoms with E-state index in [0.29, 0.717) is 32.5 Å². The van der Waals surface area contributed by atoms with E-state index in [4.69, 9.17) is 5.11 Å². The van der Waals surface area contributed by atoms with Crippen LogP contribution in [-0.4, -0.2) is 47.1 Å². The highest BCUT2D eigenvalue weighted by Crippen LogP contribution is 2.23. The van der Waals surface area contributed by atoms with E-state index in [1.165, 1.54) is 5.56 Å². The van der Waals surface area contributed by atoms with Gasteiger partial charge in [-0.25, -0.2) is 0 Å². The Bertz CT molecular complexity index is 705. The van der Waals surface area contributed by atoms with Crippen molar-refractivity contribution in [1.29, 1.82) is 5.26 Å². The first-order valence-electron chi connectivity index (χ1n) is 8.98. The van der Waals surface area contributed by atoms with Gasteiger partial charge in [-0.3, -0.25) is 9.59 Å². The van der Waals surface area contributed by atoms with Gasteiger partial charge in [0, 0.05) is 19.6 Å². The molecule has 2 N–H and O–H groups in total. The second kappa shape index (κ2) is 8.33. The summed E-state index contributed by atoms with van der Waals surface area (Å²) in [6, 6.07) is 6.42. The van der Waals surface area contributed by atoms with Crippen LogP contribution in [0, 0.1) is 32.1 Å². The number of hydrogen-bond acceptors (Lipinski definition) is 4. The highest BCUT2D eigenvalue weighted by atomic mass is 16.4. The van der Waals surface area contributed by atoms with Crippen molar-refractivity contribution in [2.24, 2.45) is 0 Å². The SMILES string of the molecule is Cc1cc(C)c(CC(=O)NC2(C#N)CCN(CCC(=O)O)CC2)c(C)c1. The van der Waals surface area contributed by atoms with Crippen molar-refractivity contribution in [3.63, 3.8) is 0 Å². The first-order chi connectivity index (χ1) is 12.2. The van der Waals surface area contributed by atoms with Crippen LogP contribution in [0.25, 0.3) is 0 Å². The van der Waals surface area contributed by atoms with Gasteiger partial charge in [0.15, 0.2) is 0 Å². The maximum absolute atomic E-state index is 12.6. The number of carbonyl (C=O) groups excluding carboxylic acids is 1. The standard InChI is InChI=1S/C20H27N3O3/c1-14-10-15(2)17(16(3)11-14)12-18(24)22-20(13-21)5-8-23(9-6-20)7-4-19(25)26/h10-11H,4-9,12H2,1-3H3,(H,22,24)(H,25,26). The number of carbonyl (C=O) groups is 2. The Balaban J connectivity index is 1.97. The normalized spacial score (nSPS) is 16.7. The molecule has 0 unspecified atom stereocenters. The van der Waals surface area contributed by atoms with E-state index >= 15 is 0 Å². The molecule has 6 nitrogen and oxygen atoms in total. The van der Waals surface area contributed by atoms with Gasteiger partial charge in [-0.1, -0.05) is 17.7 Å². The monoisotopic (exact) mass is 357 g/mol. The van der Waals surface area contributed by atoms with Crippen molar-refractivity contribution in [3.05, 3.63) is 34.4 Å². The minimum Gasteiger partial charge on any atom is -0.481 e. The van der Waals surface area contributed by atoms with Gasteiger partial charge in [0.25, 0.3) is 0 Å². The van der Waals surface area contributed by atoms with Crippen molar-refractivity contribution >= 4 is 11.9 Å². The summed E-state index contributed by atoms with van der Waals surface area (Å²) in [7, 11) is 0. The summed E-state index contributed by atoms with van der Waals surface area (Å²) in [5.74, 6) is -0.958. The Morgan fingerprint density at radius 1 is 1.23 bits per heavy atom. The lowest BCUT2D eigenvalue weighted by atomic mass is 9.88. The van der Waals surface area contributed by atoms with Crippen molar-refractivity contribution in [2.75, 3.05) is 19.6 Å². The molecular formula is C20H27N3O3. The van der Waals surface area contributed by atoms with E-state index in [0.717, 1.165) is 16.7 Å². The van der Waals surface area contributed by atoms with E-state index in [1.54, 1.807) is 0 Å². The van der Waals surface area contributed by atoms with Gasteiger partial charge in [-0.2, -0.15) is 5.26 Å². The zero-order valence-corrected chi connectivity index (χ0v) is 15.8. The minimum atomic E-state index is -0.858. The fraction of sp³-hybridized carbons (Fsp3) is 0.550. The molecule has 0 aliphatic carbocycles. The van der Waals surface area contributed by atoms with Crippen LogP contribution in [0.4, 0.5) is 0 Å². The molecule has 1 aliphatic heterocycles. The number of rotatable bonds is 6. The van der Waals surface area contributed by atoms with Crippen molar-refractivity contribution in [2.45, 2.75) is 52.0 Å². The minimum absolute atomic E-state index is 0.0951. The Morgan fingerprint density at radius 2 is 1.81 bits per heavy atom. The molecule has 1 aromatic rings. The number of carboxylic acid groups (broad SMARTS) is 1. The van der Waals surface area contributed by atoms with Crippen molar-refractivity contribution in [1.82, 2.24) is 10.2 Å². The third-order valence-electron chi connectivity index (χ3n) is 5.12.